The van der Waals surface area contributed by atoms with Crippen molar-refractivity contribution in [3.63, 3.8) is 0 Å². The average molecular weight is 475 g/mol. The minimum absolute atomic E-state index is 0.0475. The molecule has 29 heavy (non-hydrogen) atoms. The second-order valence-corrected chi connectivity index (χ2v) is 10.8. The Morgan fingerprint density at radius 2 is 1.69 bits per heavy atom. The van der Waals surface area contributed by atoms with Crippen LogP contribution < -0.4 is 4.31 Å². The fourth-order valence-electron chi connectivity index (χ4n) is 5.06. The maximum atomic E-state index is 13.6. The smallest absolute Gasteiger partial charge is 0.265 e. The summed E-state index contributed by atoms with van der Waals surface area (Å²) in [7, 11) is -3.81. The maximum absolute atomic E-state index is 13.6. The van der Waals surface area contributed by atoms with Gasteiger partial charge in [-0.1, -0.05) is 53.4 Å². The first-order valence-electron chi connectivity index (χ1n) is 10.2. The van der Waals surface area contributed by atoms with Crippen molar-refractivity contribution < 1.29 is 13.2 Å². The van der Waals surface area contributed by atoms with Crippen LogP contribution in [0.25, 0.3) is 11.1 Å². The molecule has 2 aromatic rings. The molecule has 0 aromatic heterocycles. The van der Waals surface area contributed by atoms with Crippen molar-refractivity contribution in [2.45, 2.75) is 55.5 Å². The topological polar surface area (TPSA) is 57.7 Å². The van der Waals surface area contributed by atoms with Crippen molar-refractivity contribution >= 4 is 37.5 Å². The molecule has 7 heteroatoms. The number of sulfonamides is 1. The van der Waals surface area contributed by atoms with Crippen LogP contribution >= 0.6 is 15.9 Å². The number of fused-ring (bicyclic) bond motifs is 3. The fraction of sp³-hybridized carbons (Fsp3) is 0.409. The summed E-state index contributed by atoms with van der Waals surface area (Å²) in [4.78, 5) is 15.6. The lowest BCUT2D eigenvalue weighted by atomic mass is 9.94. The normalized spacial score (nSPS) is 23.8. The molecule has 0 bridgehead atoms. The molecule has 0 radical (unpaired) electrons. The van der Waals surface area contributed by atoms with E-state index in [0.717, 1.165) is 35.7 Å². The van der Waals surface area contributed by atoms with E-state index in [1.807, 2.05) is 35.2 Å². The molecule has 1 amide bonds. The summed E-state index contributed by atoms with van der Waals surface area (Å²) < 4.78 is 29.5. The van der Waals surface area contributed by atoms with E-state index in [1.165, 1.54) is 10.7 Å². The molecule has 0 unspecified atom stereocenters. The van der Waals surface area contributed by atoms with Gasteiger partial charge in [0.2, 0.25) is 5.91 Å². The number of likely N-dealkylation sites (tertiary alicyclic amines) is 1. The van der Waals surface area contributed by atoms with E-state index in [0.29, 0.717) is 24.2 Å². The zero-order chi connectivity index (χ0) is 20.2. The Morgan fingerprint density at radius 1 is 0.931 bits per heavy atom. The van der Waals surface area contributed by atoms with Crippen LogP contribution in [-0.2, 0) is 14.8 Å². The van der Waals surface area contributed by atoms with Gasteiger partial charge in [-0.25, -0.2) is 8.42 Å². The Kier molecular flexibility index (Phi) is 4.70. The van der Waals surface area contributed by atoms with Crippen LogP contribution in [0.3, 0.4) is 0 Å². The second-order valence-electron chi connectivity index (χ2n) is 8.09. The molecular weight excluding hydrogens is 452 g/mol. The molecule has 1 aliphatic carbocycles. The molecule has 2 fully saturated rings. The molecule has 3 aliphatic rings. The standard InChI is InChI=1S/C22H23BrN2O3S/c23-15-10-11-19-18(14-15)17-8-4-5-9-21(17)29(27,28)25(19)20-12-13-24(22(20)26)16-6-2-1-3-7-16/h4-5,8-11,14,16,20H,1-3,6-7,12-13H2/t20-/m1/s1. The third-order valence-electron chi connectivity index (χ3n) is 6.42. The number of nitrogens with zero attached hydrogens (tertiary/aromatic N) is 2. The van der Waals surface area contributed by atoms with Crippen molar-refractivity contribution in [2.75, 3.05) is 10.8 Å². The van der Waals surface area contributed by atoms with Crippen molar-refractivity contribution in [3.05, 3.63) is 46.9 Å². The number of hydrogen-bond acceptors (Lipinski definition) is 3. The Labute approximate surface area is 179 Å². The van der Waals surface area contributed by atoms with Gasteiger partial charge in [0.1, 0.15) is 6.04 Å². The number of carbonyl (C=O) groups excluding carboxylic acids is 1. The fourth-order valence-corrected chi connectivity index (χ4v) is 7.29. The largest absolute Gasteiger partial charge is 0.338 e. The number of benzene rings is 2. The van der Waals surface area contributed by atoms with Crippen LogP contribution in [0.4, 0.5) is 5.69 Å². The summed E-state index contributed by atoms with van der Waals surface area (Å²) in [6, 6.07) is 12.2. The van der Waals surface area contributed by atoms with E-state index >= 15 is 0 Å². The Balaban J connectivity index is 1.59. The van der Waals surface area contributed by atoms with E-state index < -0.39 is 16.1 Å². The highest BCUT2D eigenvalue weighted by atomic mass is 79.9. The Morgan fingerprint density at radius 3 is 2.48 bits per heavy atom. The van der Waals surface area contributed by atoms with Gasteiger partial charge in [0.25, 0.3) is 10.0 Å². The summed E-state index contributed by atoms with van der Waals surface area (Å²) in [5.41, 5.74) is 2.12. The molecule has 152 valence electrons. The molecule has 2 aliphatic heterocycles. The van der Waals surface area contributed by atoms with Crippen LogP contribution in [0.2, 0.25) is 0 Å². The van der Waals surface area contributed by atoms with Crippen LogP contribution in [0.15, 0.2) is 51.8 Å². The summed E-state index contributed by atoms with van der Waals surface area (Å²) in [5.74, 6) is -0.0475. The molecule has 2 heterocycles. The molecule has 0 spiro atoms. The maximum Gasteiger partial charge on any atom is 0.265 e. The minimum Gasteiger partial charge on any atom is -0.338 e. The third-order valence-corrected chi connectivity index (χ3v) is 8.79. The molecule has 1 saturated heterocycles. The van der Waals surface area contributed by atoms with Gasteiger partial charge < -0.3 is 4.90 Å². The van der Waals surface area contributed by atoms with E-state index in [-0.39, 0.29) is 16.8 Å². The summed E-state index contributed by atoms with van der Waals surface area (Å²) in [6.07, 6.45) is 6.10. The molecule has 5 nitrogen and oxygen atoms in total. The molecule has 2 aromatic carbocycles. The highest BCUT2D eigenvalue weighted by molar-refractivity contribution is 9.10. The first-order chi connectivity index (χ1) is 14.0. The van der Waals surface area contributed by atoms with Crippen molar-refractivity contribution in [2.24, 2.45) is 0 Å². The molecule has 1 atom stereocenters. The zero-order valence-electron chi connectivity index (χ0n) is 16.1. The van der Waals surface area contributed by atoms with Crippen molar-refractivity contribution in [1.82, 2.24) is 4.90 Å². The lowest BCUT2D eigenvalue weighted by Crippen LogP contribution is -2.48. The van der Waals surface area contributed by atoms with Gasteiger partial charge in [0.05, 0.1) is 10.6 Å². The monoisotopic (exact) mass is 474 g/mol. The number of rotatable bonds is 2. The van der Waals surface area contributed by atoms with Crippen LogP contribution in [0.1, 0.15) is 38.5 Å². The summed E-state index contributed by atoms with van der Waals surface area (Å²) in [6.45, 7) is 0.633. The quantitative estimate of drug-likeness (QED) is 0.640. The Bertz CT molecular complexity index is 1080. The van der Waals surface area contributed by atoms with Crippen LogP contribution in [0.5, 0.6) is 0 Å². The first-order valence-corrected chi connectivity index (χ1v) is 12.5. The lowest BCUT2D eigenvalue weighted by Gasteiger charge is -2.36. The van der Waals surface area contributed by atoms with Gasteiger partial charge in [0, 0.05) is 28.2 Å². The van der Waals surface area contributed by atoms with Crippen LogP contribution in [0, 0.1) is 0 Å². The third kappa shape index (κ3) is 3.01. The number of anilines is 1. The lowest BCUT2D eigenvalue weighted by molar-refractivity contribution is -0.131. The number of amides is 1. The average Bonchev–Trinajstić information content (AvgIpc) is 3.10. The van der Waals surface area contributed by atoms with E-state index in [2.05, 4.69) is 15.9 Å². The van der Waals surface area contributed by atoms with Gasteiger partial charge >= 0.3 is 0 Å². The molecule has 5 rings (SSSR count). The van der Waals surface area contributed by atoms with E-state index in [9.17, 15) is 13.2 Å². The highest BCUT2D eigenvalue weighted by Gasteiger charge is 2.47. The SMILES string of the molecule is O=C1[C@H](N2c3ccc(Br)cc3-c3ccccc3S2(=O)=O)CCN1C1CCCCC1. The zero-order valence-corrected chi connectivity index (χ0v) is 18.5. The highest BCUT2D eigenvalue weighted by Crippen LogP contribution is 2.46. The number of hydrogen-bond donors (Lipinski definition) is 0. The minimum atomic E-state index is -3.81. The number of halogens is 1. The van der Waals surface area contributed by atoms with Gasteiger partial charge in [-0.2, -0.15) is 0 Å². The first kappa shape index (κ1) is 19.1. The number of carbonyl (C=O) groups is 1. The van der Waals surface area contributed by atoms with Gasteiger partial charge in [-0.15, -0.1) is 0 Å². The predicted molar refractivity (Wildman–Crippen MR) is 116 cm³/mol. The van der Waals surface area contributed by atoms with Crippen molar-refractivity contribution in [1.29, 1.82) is 0 Å². The van der Waals surface area contributed by atoms with Gasteiger partial charge in [-0.05, 0) is 43.5 Å². The second kappa shape index (κ2) is 7.13. The van der Waals surface area contributed by atoms with E-state index in [4.69, 9.17) is 0 Å². The van der Waals surface area contributed by atoms with E-state index in [1.54, 1.807) is 12.1 Å². The predicted octanol–water partition coefficient (Wildman–Crippen LogP) is 4.56. The molecule has 0 N–H and O–H groups in total. The molecule has 1 saturated carbocycles. The summed E-state index contributed by atoms with van der Waals surface area (Å²) >= 11 is 3.50. The molecular formula is C22H23BrN2O3S. The summed E-state index contributed by atoms with van der Waals surface area (Å²) in [5, 5.41) is 0. The van der Waals surface area contributed by atoms with Gasteiger partial charge in [0.15, 0.2) is 0 Å². The van der Waals surface area contributed by atoms with Crippen LogP contribution in [-0.4, -0.2) is 37.9 Å². The Hall–Kier alpha value is -1.86. The van der Waals surface area contributed by atoms with Gasteiger partial charge in [-0.3, -0.25) is 9.10 Å². The van der Waals surface area contributed by atoms with Crippen molar-refractivity contribution in [3.8, 4) is 11.1 Å².